The highest BCUT2D eigenvalue weighted by Crippen LogP contribution is 2.19. The molecular weight excluding hydrogens is 238 g/mol. The van der Waals surface area contributed by atoms with Gasteiger partial charge in [-0.2, -0.15) is 0 Å². The quantitative estimate of drug-likeness (QED) is 0.763. The first-order chi connectivity index (χ1) is 9.16. The van der Waals surface area contributed by atoms with Crippen molar-refractivity contribution in [3.05, 3.63) is 29.8 Å². The van der Waals surface area contributed by atoms with Gasteiger partial charge in [0, 0.05) is 13.1 Å². The van der Waals surface area contributed by atoms with Gasteiger partial charge in [-0.1, -0.05) is 19.1 Å². The van der Waals surface area contributed by atoms with Gasteiger partial charge in [0.15, 0.2) is 5.78 Å². The third-order valence-corrected chi connectivity index (χ3v) is 3.67. The highest BCUT2D eigenvalue weighted by molar-refractivity contribution is 5.96. The number of para-hydroxylation sites is 1. The van der Waals surface area contributed by atoms with E-state index in [1.807, 2.05) is 24.3 Å². The monoisotopic (exact) mass is 261 g/mol. The summed E-state index contributed by atoms with van der Waals surface area (Å²) in [7, 11) is 0. The standard InChI is InChI=1S/C16H23NO2/c1-13-6-5-9-17(12-13)10-11-19-16-8-4-3-7-15(16)14(2)18/h3-4,7-8,13H,5-6,9-12H2,1-2H3/t13-/m1/s1. The zero-order valence-corrected chi connectivity index (χ0v) is 11.9. The molecule has 0 radical (unpaired) electrons. The molecule has 3 heteroatoms. The Bertz CT molecular complexity index is 431. The molecule has 0 spiro atoms. The summed E-state index contributed by atoms with van der Waals surface area (Å²) in [4.78, 5) is 13.9. The van der Waals surface area contributed by atoms with Crippen LogP contribution in [0.4, 0.5) is 0 Å². The normalized spacial score (nSPS) is 20.2. The average molecular weight is 261 g/mol. The van der Waals surface area contributed by atoms with Crippen LogP contribution >= 0.6 is 0 Å². The minimum atomic E-state index is 0.0576. The molecular formula is C16H23NO2. The molecule has 1 heterocycles. The van der Waals surface area contributed by atoms with E-state index in [2.05, 4.69) is 11.8 Å². The lowest BCUT2D eigenvalue weighted by molar-refractivity contribution is 0.101. The van der Waals surface area contributed by atoms with Crippen molar-refractivity contribution in [2.45, 2.75) is 26.7 Å². The van der Waals surface area contributed by atoms with Crippen molar-refractivity contribution in [3.63, 3.8) is 0 Å². The number of benzene rings is 1. The summed E-state index contributed by atoms with van der Waals surface area (Å²) in [5.74, 6) is 1.56. The molecule has 1 fully saturated rings. The van der Waals surface area contributed by atoms with Crippen LogP contribution in [0.1, 0.15) is 37.0 Å². The maximum Gasteiger partial charge on any atom is 0.163 e. The summed E-state index contributed by atoms with van der Waals surface area (Å²) in [6.45, 7) is 7.81. The molecule has 0 aromatic heterocycles. The predicted octanol–water partition coefficient (Wildman–Crippen LogP) is 3.00. The number of carbonyl (C=O) groups excluding carboxylic acids is 1. The lowest BCUT2D eigenvalue weighted by Gasteiger charge is -2.30. The number of ketones is 1. The van der Waals surface area contributed by atoms with Gasteiger partial charge in [0.2, 0.25) is 0 Å². The Morgan fingerprint density at radius 2 is 2.21 bits per heavy atom. The number of carbonyl (C=O) groups is 1. The van der Waals surface area contributed by atoms with Crippen molar-refractivity contribution < 1.29 is 9.53 Å². The Kier molecular flexibility index (Phi) is 4.97. The van der Waals surface area contributed by atoms with Gasteiger partial charge in [-0.25, -0.2) is 0 Å². The first-order valence-corrected chi connectivity index (χ1v) is 7.12. The van der Waals surface area contributed by atoms with E-state index in [4.69, 9.17) is 4.74 Å². The van der Waals surface area contributed by atoms with Crippen LogP contribution in [0.5, 0.6) is 5.75 Å². The highest BCUT2D eigenvalue weighted by Gasteiger charge is 2.16. The van der Waals surface area contributed by atoms with E-state index in [1.54, 1.807) is 6.92 Å². The molecule has 2 rings (SSSR count). The maximum atomic E-state index is 11.5. The molecule has 3 nitrogen and oxygen atoms in total. The van der Waals surface area contributed by atoms with E-state index < -0.39 is 0 Å². The second-order valence-electron chi connectivity index (χ2n) is 5.45. The van der Waals surface area contributed by atoms with Gasteiger partial charge in [-0.15, -0.1) is 0 Å². The molecule has 0 bridgehead atoms. The molecule has 0 aliphatic carbocycles. The molecule has 1 atom stereocenters. The van der Waals surface area contributed by atoms with Gasteiger partial charge in [0.05, 0.1) is 5.56 Å². The van der Waals surface area contributed by atoms with Gasteiger partial charge in [-0.05, 0) is 44.4 Å². The summed E-state index contributed by atoms with van der Waals surface area (Å²) in [5, 5.41) is 0. The number of ether oxygens (including phenoxy) is 1. The van der Waals surface area contributed by atoms with Crippen LogP contribution in [0.25, 0.3) is 0 Å². The molecule has 104 valence electrons. The minimum Gasteiger partial charge on any atom is -0.491 e. The first kappa shape index (κ1) is 14.1. The molecule has 1 aromatic carbocycles. The van der Waals surface area contributed by atoms with Gasteiger partial charge < -0.3 is 4.74 Å². The lowest BCUT2D eigenvalue weighted by Crippen LogP contribution is -2.37. The topological polar surface area (TPSA) is 29.5 Å². The number of rotatable bonds is 5. The summed E-state index contributed by atoms with van der Waals surface area (Å²) in [5.41, 5.74) is 0.675. The SMILES string of the molecule is CC(=O)c1ccccc1OCCN1CCC[C@@H](C)C1. The Hall–Kier alpha value is -1.35. The fourth-order valence-electron chi connectivity index (χ4n) is 2.66. The van der Waals surface area contributed by atoms with Gasteiger partial charge in [0.1, 0.15) is 12.4 Å². The van der Waals surface area contributed by atoms with Gasteiger partial charge >= 0.3 is 0 Å². The first-order valence-electron chi connectivity index (χ1n) is 7.12. The third-order valence-electron chi connectivity index (χ3n) is 3.67. The summed E-state index contributed by atoms with van der Waals surface area (Å²) >= 11 is 0. The Balaban J connectivity index is 1.84. The molecule has 1 aliphatic heterocycles. The maximum absolute atomic E-state index is 11.5. The fraction of sp³-hybridized carbons (Fsp3) is 0.562. The lowest BCUT2D eigenvalue weighted by atomic mass is 10.0. The van der Waals surface area contributed by atoms with E-state index in [0.717, 1.165) is 19.0 Å². The Labute approximate surface area is 115 Å². The van der Waals surface area contributed by atoms with Crippen LogP contribution in [0, 0.1) is 5.92 Å². The average Bonchev–Trinajstić information content (AvgIpc) is 2.39. The zero-order chi connectivity index (χ0) is 13.7. The van der Waals surface area contributed by atoms with Crippen LogP contribution in [0.15, 0.2) is 24.3 Å². The predicted molar refractivity (Wildman–Crippen MR) is 76.8 cm³/mol. The molecule has 0 N–H and O–H groups in total. The minimum absolute atomic E-state index is 0.0576. The second kappa shape index (κ2) is 6.71. The van der Waals surface area contributed by atoms with Crippen LogP contribution in [-0.4, -0.2) is 36.9 Å². The summed E-state index contributed by atoms with van der Waals surface area (Å²) < 4.78 is 5.77. The molecule has 0 saturated carbocycles. The summed E-state index contributed by atoms with van der Waals surface area (Å²) in [6.07, 6.45) is 2.62. The van der Waals surface area contributed by atoms with Crippen molar-refractivity contribution in [1.82, 2.24) is 4.90 Å². The largest absolute Gasteiger partial charge is 0.491 e. The number of piperidine rings is 1. The smallest absolute Gasteiger partial charge is 0.163 e. The van der Waals surface area contributed by atoms with Crippen LogP contribution in [0.3, 0.4) is 0 Å². The highest BCUT2D eigenvalue weighted by atomic mass is 16.5. The fourth-order valence-corrected chi connectivity index (χ4v) is 2.66. The van der Waals surface area contributed by atoms with Crippen molar-refractivity contribution in [2.75, 3.05) is 26.2 Å². The van der Waals surface area contributed by atoms with E-state index in [-0.39, 0.29) is 5.78 Å². The molecule has 19 heavy (non-hydrogen) atoms. The van der Waals surface area contributed by atoms with Gasteiger partial charge in [-0.3, -0.25) is 9.69 Å². The third kappa shape index (κ3) is 4.06. The van der Waals surface area contributed by atoms with E-state index >= 15 is 0 Å². The Morgan fingerprint density at radius 1 is 1.42 bits per heavy atom. The molecule has 0 unspecified atom stereocenters. The Morgan fingerprint density at radius 3 is 2.95 bits per heavy atom. The van der Waals surface area contributed by atoms with E-state index in [9.17, 15) is 4.79 Å². The van der Waals surface area contributed by atoms with Crippen LogP contribution in [0.2, 0.25) is 0 Å². The molecule has 1 aliphatic rings. The second-order valence-corrected chi connectivity index (χ2v) is 5.45. The van der Waals surface area contributed by atoms with Crippen molar-refractivity contribution >= 4 is 5.78 Å². The van der Waals surface area contributed by atoms with Crippen molar-refractivity contribution in [2.24, 2.45) is 5.92 Å². The van der Waals surface area contributed by atoms with Crippen LogP contribution < -0.4 is 4.74 Å². The van der Waals surface area contributed by atoms with E-state index in [0.29, 0.717) is 17.9 Å². The number of hydrogen-bond acceptors (Lipinski definition) is 3. The van der Waals surface area contributed by atoms with Crippen molar-refractivity contribution in [3.8, 4) is 5.75 Å². The zero-order valence-electron chi connectivity index (χ0n) is 11.9. The molecule has 0 amide bonds. The van der Waals surface area contributed by atoms with Gasteiger partial charge in [0.25, 0.3) is 0 Å². The number of nitrogens with zero attached hydrogens (tertiary/aromatic N) is 1. The molecule has 1 aromatic rings. The summed E-state index contributed by atoms with van der Waals surface area (Å²) in [6, 6.07) is 7.47. The van der Waals surface area contributed by atoms with Crippen molar-refractivity contribution in [1.29, 1.82) is 0 Å². The number of hydrogen-bond donors (Lipinski definition) is 0. The molecule has 1 saturated heterocycles. The number of likely N-dealkylation sites (tertiary alicyclic amines) is 1. The van der Waals surface area contributed by atoms with Crippen LogP contribution in [-0.2, 0) is 0 Å². The number of Topliss-reactive ketones (excluding diaryl/α,β-unsaturated/α-hetero) is 1. The van der Waals surface area contributed by atoms with E-state index in [1.165, 1.54) is 19.4 Å².